The number of aliphatic hydroxyl groups excluding tert-OH is 1. The van der Waals surface area contributed by atoms with Gasteiger partial charge in [-0.1, -0.05) is 18.2 Å². The van der Waals surface area contributed by atoms with Crippen molar-refractivity contribution in [1.29, 1.82) is 0 Å². The monoisotopic (exact) mass is 296 g/mol. The summed E-state index contributed by atoms with van der Waals surface area (Å²) in [6.45, 7) is 5.65. The second-order valence-electron chi connectivity index (χ2n) is 4.80. The molecule has 0 unspecified atom stereocenters. The van der Waals surface area contributed by atoms with Gasteiger partial charge in [0.15, 0.2) is 0 Å². The van der Waals surface area contributed by atoms with Crippen LogP contribution in [0.1, 0.15) is 13.8 Å². The van der Waals surface area contributed by atoms with Crippen molar-refractivity contribution in [3.63, 3.8) is 0 Å². The summed E-state index contributed by atoms with van der Waals surface area (Å²) in [6, 6.07) is 10.4. The predicted molar refractivity (Wildman–Crippen MR) is 84.0 cm³/mol. The third-order valence-corrected chi connectivity index (χ3v) is 3.91. The van der Waals surface area contributed by atoms with Crippen LogP contribution in [0.2, 0.25) is 0 Å². The van der Waals surface area contributed by atoms with E-state index in [1.54, 1.807) is 11.8 Å². The number of thioether (sulfide) groups is 1. The fourth-order valence-corrected chi connectivity index (χ4v) is 2.55. The highest BCUT2D eigenvalue weighted by molar-refractivity contribution is 7.99. The van der Waals surface area contributed by atoms with Crippen LogP contribution in [0.15, 0.2) is 35.2 Å². The van der Waals surface area contributed by atoms with Gasteiger partial charge in [0.25, 0.3) is 0 Å². The third kappa shape index (κ3) is 6.93. The van der Waals surface area contributed by atoms with E-state index in [2.05, 4.69) is 17.4 Å². The Labute approximate surface area is 125 Å². The van der Waals surface area contributed by atoms with E-state index < -0.39 is 0 Å². The molecule has 0 spiro atoms. The van der Waals surface area contributed by atoms with Gasteiger partial charge in [-0.15, -0.1) is 11.8 Å². The zero-order valence-electron chi connectivity index (χ0n) is 12.2. The number of carbonyl (C=O) groups is 1. The first kappa shape index (κ1) is 17.0. The molecule has 1 aromatic carbocycles. The molecule has 2 N–H and O–H groups in total. The SMILES string of the molecule is CC(C)N(CCO)CC(=O)NCCSc1ccccc1. The van der Waals surface area contributed by atoms with Crippen LogP contribution in [-0.4, -0.2) is 53.9 Å². The first-order valence-corrected chi connectivity index (χ1v) is 7.91. The topological polar surface area (TPSA) is 52.6 Å². The van der Waals surface area contributed by atoms with Crippen molar-refractivity contribution >= 4 is 17.7 Å². The predicted octanol–water partition coefficient (Wildman–Crippen LogP) is 1.60. The molecular formula is C15H24N2O2S. The molecule has 0 aliphatic carbocycles. The number of amides is 1. The number of aliphatic hydroxyl groups is 1. The van der Waals surface area contributed by atoms with Crippen LogP contribution < -0.4 is 5.32 Å². The summed E-state index contributed by atoms with van der Waals surface area (Å²) in [7, 11) is 0. The van der Waals surface area contributed by atoms with E-state index in [9.17, 15) is 4.79 Å². The molecular weight excluding hydrogens is 272 g/mol. The number of nitrogens with zero attached hydrogens (tertiary/aromatic N) is 1. The molecule has 0 aliphatic rings. The number of hydrogen-bond donors (Lipinski definition) is 2. The van der Waals surface area contributed by atoms with Gasteiger partial charge in [0.1, 0.15) is 0 Å². The summed E-state index contributed by atoms with van der Waals surface area (Å²) in [6.07, 6.45) is 0. The highest BCUT2D eigenvalue weighted by Crippen LogP contribution is 2.15. The van der Waals surface area contributed by atoms with E-state index in [1.807, 2.05) is 36.9 Å². The van der Waals surface area contributed by atoms with E-state index in [4.69, 9.17) is 5.11 Å². The Bertz CT molecular complexity index is 385. The Hall–Kier alpha value is -1.04. The van der Waals surface area contributed by atoms with Gasteiger partial charge in [0.2, 0.25) is 5.91 Å². The minimum absolute atomic E-state index is 0.0146. The lowest BCUT2D eigenvalue weighted by Crippen LogP contribution is -2.42. The number of hydrogen-bond acceptors (Lipinski definition) is 4. The zero-order valence-corrected chi connectivity index (χ0v) is 13.0. The molecule has 1 aromatic rings. The Morgan fingerprint density at radius 1 is 1.35 bits per heavy atom. The summed E-state index contributed by atoms with van der Waals surface area (Å²) in [5.41, 5.74) is 0. The number of carbonyl (C=O) groups excluding carboxylic acids is 1. The van der Waals surface area contributed by atoms with Crippen LogP contribution in [0, 0.1) is 0 Å². The summed E-state index contributed by atoms with van der Waals surface area (Å²) >= 11 is 1.73. The van der Waals surface area contributed by atoms with Crippen molar-refractivity contribution in [3.8, 4) is 0 Å². The third-order valence-electron chi connectivity index (χ3n) is 2.90. The Kier molecular flexibility index (Phi) is 8.34. The Morgan fingerprint density at radius 2 is 2.05 bits per heavy atom. The van der Waals surface area contributed by atoms with Crippen LogP contribution in [0.5, 0.6) is 0 Å². The Balaban J connectivity index is 2.19. The van der Waals surface area contributed by atoms with Gasteiger partial charge in [-0.2, -0.15) is 0 Å². The smallest absolute Gasteiger partial charge is 0.234 e. The molecule has 0 bridgehead atoms. The maximum atomic E-state index is 11.8. The molecule has 0 heterocycles. The normalized spacial score (nSPS) is 11.1. The van der Waals surface area contributed by atoms with Gasteiger partial charge in [-0.25, -0.2) is 0 Å². The van der Waals surface area contributed by atoms with Crippen molar-refractivity contribution in [2.24, 2.45) is 0 Å². The summed E-state index contributed by atoms with van der Waals surface area (Å²) in [5.74, 6) is 0.873. The zero-order chi connectivity index (χ0) is 14.8. The molecule has 0 saturated carbocycles. The highest BCUT2D eigenvalue weighted by Gasteiger charge is 2.12. The quantitative estimate of drug-likeness (QED) is 0.537. The van der Waals surface area contributed by atoms with E-state index in [0.29, 0.717) is 19.6 Å². The molecule has 0 radical (unpaired) electrons. The lowest BCUT2D eigenvalue weighted by atomic mass is 10.3. The maximum Gasteiger partial charge on any atom is 0.234 e. The van der Waals surface area contributed by atoms with Crippen LogP contribution in [0.25, 0.3) is 0 Å². The van der Waals surface area contributed by atoms with E-state index in [1.165, 1.54) is 4.90 Å². The second kappa shape index (κ2) is 9.80. The summed E-state index contributed by atoms with van der Waals surface area (Å²) < 4.78 is 0. The summed E-state index contributed by atoms with van der Waals surface area (Å²) in [4.78, 5) is 15.0. The van der Waals surface area contributed by atoms with Gasteiger partial charge in [-0.05, 0) is 26.0 Å². The molecule has 5 heteroatoms. The van der Waals surface area contributed by atoms with Gasteiger partial charge >= 0.3 is 0 Å². The van der Waals surface area contributed by atoms with E-state index in [0.717, 1.165) is 5.75 Å². The van der Waals surface area contributed by atoms with E-state index in [-0.39, 0.29) is 18.6 Å². The van der Waals surface area contributed by atoms with Crippen LogP contribution in [0.3, 0.4) is 0 Å². The van der Waals surface area contributed by atoms with Gasteiger partial charge in [-0.3, -0.25) is 9.69 Å². The fraction of sp³-hybridized carbons (Fsp3) is 0.533. The molecule has 0 fully saturated rings. The fourth-order valence-electron chi connectivity index (χ4n) is 1.76. The first-order valence-electron chi connectivity index (χ1n) is 6.93. The molecule has 0 atom stereocenters. The van der Waals surface area contributed by atoms with Crippen molar-refractivity contribution in [2.75, 3.05) is 32.0 Å². The Morgan fingerprint density at radius 3 is 2.65 bits per heavy atom. The number of benzene rings is 1. The second-order valence-corrected chi connectivity index (χ2v) is 5.97. The molecule has 0 aliphatic heterocycles. The highest BCUT2D eigenvalue weighted by atomic mass is 32.2. The largest absolute Gasteiger partial charge is 0.395 e. The van der Waals surface area contributed by atoms with Gasteiger partial charge in [0, 0.05) is 29.8 Å². The van der Waals surface area contributed by atoms with Gasteiger partial charge < -0.3 is 10.4 Å². The molecule has 112 valence electrons. The molecule has 0 aromatic heterocycles. The van der Waals surface area contributed by atoms with Crippen molar-refractivity contribution in [2.45, 2.75) is 24.8 Å². The lowest BCUT2D eigenvalue weighted by Gasteiger charge is -2.24. The molecule has 1 amide bonds. The van der Waals surface area contributed by atoms with Crippen molar-refractivity contribution in [1.82, 2.24) is 10.2 Å². The number of rotatable bonds is 9. The van der Waals surface area contributed by atoms with Crippen molar-refractivity contribution in [3.05, 3.63) is 30.3 Å². The van der Waals surface area contributed by atoms with E-state index >= 15 is 0 Å². The molecule has 1 rings (SSSR count). The minimum Gasteiger partial charge on any atom is -0.395 e. The number of nitrogens with one attached hydrogen (secondary N) is 1. The summed E-state index contributed by atoms with van der Waals surface area (Å²) in [5, 5.41) is 11.9. The minimum atomic E-state index is 0.0146. The average molecular weight is 296 g/mol. The maximum absolute atomic E-state index is 11.8. The lowest BCUT2D eigenvalue weighted by molar-refractivity contribution is -0.122. The van der Waals surface area contributed by atoms with Crippen LogP contribution in [-0.2, 0) is 4.79 Å². The van der Waals surface area contributed by atoms with Crippen LogP contribution >= 0.6 is 11.8 Å². The van der Waals surface area contributed by atoms with Crippen LogP contribution in [0.4, 0.5) is 0 Å². The molecule has 4 nitrogen and oxygen atoms in total. The first-order chi connectivity index (χ1) is 9.63. The van der Waals surface area contributed by atoms with Crippen molar-refractivity contribution < 1.29 is 9.90 Å². The average Bonchev–Trinajstić information content (AvgIpc) is 2.44. The van der Waals surface area contributed by atoms with Gasteiger partial charge in [0.05, 0.1) is 13.2 Å². The molecule has 0 saturated heterocycles. The standard InChI is InChI=1S/C15H24N2O2S/c1-13(2)17(9-10-18)12-15(19)16-8-11-20-14-6-4-3-5-7-14/h3-7,13,18H,8-12H2,1-2H3,(H,16,19). The molecule has 20 heavy (non-hydrogen) atoms.